The quantitative estimate of drug-likeness (QED) is 0.791. The maximum Gasteiger partial charge on any atom is 0.132 e. The van der Waals surface area contributed by atoms with Gasteiger partial charge in [0.1, 0.15) is 5.75 Å². The van der Waals surface area contributed by atoms with Gasteiger partial charge in [-0.2, -0.15) is 0 Å². The van der Waals surface area contributed by atoms with Crippen molar-refractivity contribution in [3.8, 4) is 5.75 Å². The van der Waals surface area contributed by atoms with Crippen molar-refractivity contribution in [3.05, 3.63) is 27.2 Å². The smallest absolute Gasteiger partial charge is 0.132 e. The highest BCUT2D eigenvalue weighted by atomic mass is 79.9. The Morgan fingerprint density at radius 3 is 2.60 bits per heavy atom. The van der Waals surface area contributed by atoms with Gasteiger partial charge in [-0.1, -0.05) is 6.07 Å². The lowest BCUT2D eigenvalue weighted by Gasteiger charge is -2.17. The topological polar surface area (TPSA) is 66.5 Å². The number of aliphatic hydroxyl groups is 1. The first-order chi connectivity index (χ1) is 6.99. The summed E-state index contributed by atoms with van der Waals surface area (Å²) >= 11 is 3.33. The number of phenols is 1. The molecule has 84 valence electrons. The Hall–Kier alpha value is -0.580. The van der Waals surface area contributed by atoms with Crippen molar-refractivity contribution in [1.82, 2.24) is 0 Å². The maximum absolute atomic E-state index is 9.69. The number of aromatic hydroxyl groups is 1. The predicted molar refractivity (Wildman–Crippen MR) is 63.9 cm³/mol. The fourth-order valence-corrected chi connectivity index (χ4v) is 2.11. The number of aliphatic hydroxyl groups excluding tert-OH is 1. The molecule has 1 atom stereocenters. The van der Waals surface area contributed by atoms with Crippen LogP contribution in [0.2, 0.25) is 0 Å². The lowest BCUT2D eigenvalue weighted by Crippen LogP contribution is -2.13. The van der Waals surface area contributed by atoms with Crippen molar-refractivity contribution in [2.24, 2.45) is 5.73 Å². The first-order valence-corrected chi connectivity index (χ1v) is 5.63. The summed E-state index contributed by atoms with van der Waals surface area (Å²) in [6.45, 7) is 3.79. The summed E-state index contributed by atoms with van der Waals surface area (Å²) in [5.74, 6) is 0.257. The number of phenolic OH excluding ortho intramolecular Hbond substituents is 1. The van der Waals surface area contributed by atoms with Crippen LogP contribution >= 0.6 is 15.9 Å². The molecular weight excluding hydrogens is 258 g/mol. The molecule has 0 spiro atoms. The van der Waals surface area contributed by atoms with Crippen LogP contribution in [0.3, 0.4) is 0 Å². The summed E-state index contributed by atoms with van der Waals surface area (Å²) in [5, 5.41) is 18.5. The minimum absolute atomic E-state index is 0.0676. The highest BCUT2D eigenvalue weighted by Gasteiger charge is 2.15. The minimum atomic E-state index is -0.189. The summed E-state index contributed by atoms with van der Waals surface area (Å²) < 4.78 is 0.686. The van der Waals surface area contributed by atoms with Crippen LogP contribution in [-0.4, -0.2) is 16.8 Å². The molecule has 0 aliphatic carbocycles. The van der Waals surface area contributed by atoms with Crippen molar-refractivity contribution in [2.45, 2.75) is 26.3 Å². The number of rotatable bonds is 3. The molecule has 15 heavy (non-hydrogen) atoms. The molecule has 1 rings (SSSR count). The Balaban J connectivity index is 3.19. The van der Waals surface area contributed by atoms with Gasteiger partial charge in [-0.15, -0.1) is 0 Å². The molecule has 0 radical (unpaired) electrons. The molecule has 0 bridgehead atoms. The van der Waals surface area contributed by atoms with E-state index in [1.54, 1.807) is 0 Å². The summed E-state index contributed by atoms with van der Waals surface area (Å²) in [5.41, 5.74) is 8.61. The summed E-state index contributed by atoms with van der Waals surface area (Å²) in [4.78, 5) is 0. The van der Waals surface area contributed by atoms with E-state index in [0.717, 1.165) is 16.7 Å². The van der Waals surface area contributed by atoms with E-state index in [-0.39, 0.29) is 18.4 Å². The van der Waals surface area contributed by atoms with Crippen molar-refractivity contribution >= 4 is 15.9 Å². The van der Waals surface area contributed by atoms with Crippen LogP contribution in [0.15, 0.2) is 10.5 Å². The van der Waals surface area contributed by atoms with Crippen molar-refractivity contribution in [2.75, 3.05) is 6.61 Å². The van der Waals surface area contributed by atoms with Crippen molar-refractivity contribution in [3.63, 3.8) is 0 Å². The fraction of sp³-hybridized carbons (Fsp3) is 0.455. The van der Waals surface area contributed by atoms with E-state index in [2.05, 4.69) is 15.9 Å². The van der Waals surface area contributed by atoms with Gasteiger partial charge in [-0.25, -0.2) is 0 Å². The molecule has 1 unspecified atom stereocenters. The van der Waals surface area contributed by atoms with E-state index in [1.807, 2.05) is 19.9 Å². The normalized spacial score (nSPS) is 12.9. The van der Waals surface area contributed by atoms with Crippen LogP contribution in [0.5, 0.6) is 5.75 Å². The first-order valence-electron chi connectivity index (χ1n) is 4.84. The molecule has 0 aliphatic heterocycles. The lowest BCUT2D eigenvalue weighted by molar-refractivity contribution is 0.276. The van der Waals surface area contributed by atoms with E-state index in [9.17, 15) is 5.11 Å². The molecule has 4 N–H and O–H groups in total. The molecule has 1 aromatic rings. The number of hydrogen-bond donors (Lipinski definition) is 3. The van der Waals surface area contributed by atoms with E-state index >= 15 is 0 Å². The van der Waals surface area contributed by atoms with E-state index < -0.39 is 0 Å². The average Bonchev–Trinajstić information content (AvgIpc) is 2.20. The van der Waals surface area contributed by atoms with Gasteiger partial charge in [0.2, 0.25) is 0 Å². The Kier molecular flexibility index (Phi) is 4.13. The Morgan fingerprint density at radius 2 is 2.07 bits per heavy atom. The number of benzene rings is 1. The molecule has 0 heterocycles. The minimum Gasteiger partial charge on any atom is -0.506 e. The van der Waals surface area contributed by atoms with Gasteiger partial charge in [0.05, 0.1) is 4.47 Å². The second kappa shape index (κ2) is 4.96. The van der Waals surface area contributed by atoms with Gasteiger partial charge >= 0.3 is 0 Å². The number of aryl methyl sites for hydroxylation is 1. The molecule has 0 aromatic heterocycles. The van der Waals surface area contributed by atoms with Gasteiger partial charge in [0, 0.05) is 12.6 Å². The summed E-state index contributed by atoms with van der Waals surface area (Å²) in [6.07, 6.45) is 0.525. The van der Waals surface area contributed by atoms with E-state index in [0.29, 0.717) is 10.9 Å². The number of nitrogens with two attached hydrogens (primary N) is 1. The predicted octanol–water partition coefficient (Wildman–Crippen LogP) is 2.15. The molecule has 3 nitrogen and oxygen atoms in total. The van der Waals surface area contributed by atoms with Gasteiger partial charge in [0.15, 0.2) is 0 Å². The second-order valence-electron chi connectivity index (χ2n) is 3.69. The van der Waals surface area contributed by atoms with Gasteiger partial charge in [-0.05, 0) is 52.9 Å². The fourth-order valence-electron chi connectivity index (χ4n) is 1.57. The van der Waals surface area contributed by atoms with Gasteiger partial charge in [0.25, 0.3) is 0 Å². The lowest BCUT2D eigenvalue weighted by atomic mass is 9.97. The Labute approximate surface area is 98.1 Å². The molecule has 0 saturated carbocycles. The zero-order valence-corrected chi connectivity index (χ0v) is 10.5. The van der Waals surface area contributed by atoms with E-state index in [1.165, 1.54) is 0 Å². The molecule has 1 aromatic carbocycles. The third-order valence-electron chi connectivity index (χ3n) is 2.56. The number of hydrogen-bond acceptors (Lipinski definition) is 3. The van der Waals surface area contributed by atoms with Gasteiger partial charge in [-0.3, -0.25) is 0 Å². The SMILES string of the molecule is Cc1cc(C(N)CCO)c(C)c(Br)c1O. The highest BCUT2D eigenvalue weighted by molar-refractivity contribution is 9.10. The Bertz CT molecular complexity index is 366. The molecule has 0 fully saturated rings. The monoisotopic (exact) mass is 273 g/mol. The molecular formula is C11H16BrNO2. The third kappa shape index (κ3) is 2.51. The van der Waals surface area contributed by atoms with Crippen LogP contribution in [0.4, 0.5) is 0 Å². The highest BCUT2D eigenvalue weighted by Crippen LogP contribution is 2.35. The van der Waals surface area contributed by atoms with Crippen LogP contribution in [0, 0.1) is 13.8 Å². The zero-order chi connectivity index (χ0) is 11.6. The number of halogens is 1. The standard InChI is InChI=1S/C11H16BrNO2/c1-6-5-8(9(13)3-4-14)7(2)10(12)11(6)15/h5,9,14-15H,3-4,13H2,1-2H3. The summed E-state index contributed by atoms with van der Waals surface area (Å²) in [6, 6.07) is 1.68. The van der Waals surface area contributed by atoms with Crippen LogP contribution in [0.25, 0.3) is 0 Å². The zero-order valence-electron chi connectivity index (χ0n) is 8.92. The molecule has 0 amide bonds. The van der Waals surface area contributed by atoms with Crippen LogP contribution in [0.1, 0.15) is 29.2 Å². The molecule has 0 saturated heterocycles. The van der Waals surface area contributed by atoms with Crippen molar-refractivity contribution in [1.29, 1.82) is 0 Å². The molecule has 0 aliphatic rings. The molecule has 4 heteroatoms. The maximum atomic E-state index is 9.69. The largest absolute Gasteiger partial charge is 0.506 e. The second-order valence-corrected chi connectivity index (χ2v) is 4.48. The van der Waals surface area contributed by atoms with Crippen molar-refractivity contribution < 1.29 is 10.2 Å². The third-order valence-corrected chi connectivity index (χ3v) is 3.53. The van der Waals surface area contributed by atoms with Gasteiger partial charge < -0.3 is 15.9 Å². The van der Waals surface area contributed by atoms with Crippen LogP contribution in [-0.2, 0) is 0 Å². The Morgan fingerprint density at radius 1 is 1.47 bits per heavy atom. The first kappa shape index (κ1) is 12.5. The van der Waals surface area contributed by atoms with Crippen LogP contribution < -0.4 is 5.73 Å². The average molecular weight is 274 g/mol. The van der Waals surface area contributed by atoms with E-state index in [4.69, 9.17) is 10.8 Å². The summed E-state index contributed by atoms with van der Waals surface area (Å²) in [7, 11) is 0.